The molecule has 1 aromatic heterocycles. The molecule has 0 spiro atoms. The van der Waals surface area contributed by atoms with Gasteiger partial charge in [0, 0.05) is 17.3 Å². The van der Waals surface area contributed by atoms with Gasteiger partial charge in [-0.05, 0) is 61.2 Å². The standard InChI is InChI=1S/C19H24N2O3S2/c1-2-14-8-10-16(11-9-14)20-19(22)15-5-3-6-17(13-15)21-26(23,24)18-7-4-12-25-18/h3-7,12-14,16,21H,2,8-11H2,1H3,(H,20,22). The molecule has 2 aromatic rings. The van der Waals surface area contributed by atoms with E-state index in [1.54, 1.807) is 41.8 Å². The minimum absolute atomic E-state index is 0.151. The average Bonchev–Trinajstić information content (AvgIpc) is 3.18. The maximum Gasteiger partial charge on any atom is 0.271 e. The molecule has 1 saturated carbocycles. The van der Waals surface area contributed by atoms with E-state index in [-0.39, 0.29) is 16.2 Å². The van der Waals surface area contributed by atoms with Crippen LogP contribution in [0.1, 0.15) is 49.4 Å². The molecule has 5 nitrogen and oxygen atoms in total. The number of thiophene rings is 1. The van der Waals surface area contributed by atoms with Crippen molar-refractivity contribution in [3.05, 3.63) is 47.3 Å². The Morgan fingerprint density at radius 1 is 1.15 bits per heavy atom. The van der Waals surface area contributed by atoms with Crippen molar-refractivity contribution in [3.8, 4) is 0 Å². The lowest BCUT2D eigenvalue weighted by atomic mass is 9.84. The van der Waals surface area contributed by atoms with Gasteiger partial charge < -0.3 is 5.32 Å². The van der Waals surface area contributed by atoms with Crippen molar-refractivity contribution >= 4 is 33.0 Å². The summed E-state index contributed by atoms with van der Waals surface area (Å²) in [6.45, 7) is 2.21. The summed E-state index contributed by atoms with van der Waals surface area (Å²) in [4.78, 5) is 12.5. The summed E-state index contributed by atoms with van der Waals surface area (Å²) in [5.74, 6) is 0.625. The molecule has 0 saturated heterocycles. The lowest BCUT2D eigenvalue weighted by Gasteiger charge is -2.28. The molecule has 1 amide bonds. The summed E-state index contributed by atoms with van der Waals surface area (Å²) in [7, 11) is -3.61. The lowest BCUT2D eigenvalue weighted by Crippen LogP contribution is -2.37. The first kappa shape index (κ1) is 18.9. The van der Waals surface area contributed by atoms with E-state index in [2.05, 4.69) is 17.0 Å². The smallest absolute Gasteiger partial charge is 0.271 e. The number of carbonyl (C=O) groups excluding carboxylic acids is 1. The first-order valence-electron chi connectivity index (χ1n) is 8.95. The van der Waals surface area contributed by atoms with Crippen molar-refractivity contribution in [2.45, 2.75) is 49.3 Å². The molecule has 140 valence electrons. The third kappa shape index (κ3) is 4.65. The average molecular weight is 393 g/mol. The molecule has 0 bridgehead atoms. The van der Waals surface area contributed by atoms with Crippen molar-refractivity contribution in [3.63, 3.8) is 0 Å². The van der Waals surface area contributed by atoms with Crippen molar-refractivity contribution in [1.82, 2.24) is 5.32 Å². The molecular weight excluding hydrogens is 368 g/mol. The molecule has 0 aliphatic heterocycles. The Balaban J connectivity index is 1.64. The van der Waals surface area contributed by atoms with Gasteiger partial charge in [0.25, 0.3) is 15.9 Å². The number of carbonyl (C=O) groups is 1. The van der Waals surface area contributed by atoms with Gasteiger partial charge in [-0.2, -0.15) is 0 Å². The van der Waals surface area contributed by atoms with Crippen LogP contribution in [0.5, 0.6) is 0 Å². The molecule has 0 atom stereocenters. The number of nitrogens with one attached hydrogen (secondary N) is 2. The summed E-state index contributed by atoms with van der Waals surface area (Å²) in [6, 6.07) is 10.1. The minimum Gasteiger partial charge on any atom is -0.349 e. The Labute approximate surface area is 158 Å². The highest BCUT2D eigenvalue weighted by atomic mass is 32.2. The summed E-state index contributed by atoms with van der Waals surface area (Å²) in [5, 5.41) is 4.80. The van der Waals surface area contributed by atoms with E-state index in [0.29, 0.717) is 11.3 Å². The Bertz CT molecular complexity index is 839. The van der Waals surface area contributed by atoms with Crippen molar-refractivity contribution in [2.24, 2.45) is 5.92 Å². The second kappa shape index (κ2) is 8.22. The first-order valence-corrected chi connectivity index (χ1v) is 11.3. The highest BCUT2D eigenvalue weighted by Gasteiger charge is 2.22. The van der Waals surface area contributed by atoms with Crippen LogP contribution in [0.15, 0.2) is 46.0 Å². The van der Waals surface area contributed by atoms with Crippen LogP contribution < -0.4 is 10.0 Å². The normalized spacial score (nSPS) is 20.5. The van der Waals surface area contributed by atoms with Crippen LogP contribution in [0.25, 0.3) is 0 Å². The molecule has 0 unspecified atom stereocenters. The predicted molar refractivity (Wildman–Crippen MR) is 105 cm³/mol. The first-order chi connectivity index (χ1) is 12.5. The van der Waals surface area contributed by atoms with Crippen molar-refractivity contribution in [1.29, 1.82) is 0 Å². The summed E-state index contributed by atoms with van der Waals surface area (Å²) in [6.07, 6.45) is 5.53. The number of rotatable bonds is 6. The fraction of sp³-hybridized carbons (Fsp3) is 0.421. The topological polar surface area (TPSA) is 75.3 Å². The van der Waals surface area contributed by atoms with Crippen molar-refractivity contribution < 1.29 is 13.2 Å². The van der Waals surface area contributed by atoms with Gasteiger partial charge in [0.2, 0.25) is 0 Å². The van der Waals surface area contributed by atoms with Gasteiger partial charge in [-0.15, -0.1) is 11.3 Å². The fourth-order valence-electron chi connectivity index (χ4n) is 3.33. The largest absolute Gasteiger partial charge is 0.349 e. The third-order valence-electron chi connectivity index (χ3n) is 4.90. The highest BCUT2D eigenvalue weighted by Crippen LogP contribution is 2.27. The number of benzene rings is 1. The quantitative estimate of drug-likeness (QED) is 0.772. The summed E-state index contributed by atoms with van der Waals surface area (Å²) in [5.41, 5.74) is 0.856. The zero-order chi connectivity index (χ0) is 18.6. The van der Waals surface area contributed by atoms with E-state index in [1.165, 1.54) is 6.42 Å². The van der Waals surface area contributed by atoms with E-state index in [1.807, 2.05) is 0 Å². The number of amides is 1. The fourth-order valence-corrected chi connectivity index (χ4v) is 5.37. The van der Waals surface area contributed by atoms with Gasteiger partial charge in [-0.3, -0.25) is 9.52 Å². The third-order valence-corrected chi connectivity index (χ3v) is 7.67. The Morgan fingerprint density at radius 3 is 2.58 bits per heavy atom. The maximum atomic E-state index is 12.5. The van der Waals surface area contributed by atoms with Crippen LogP contribution >= 0.6 is 11.3 Å². The zero-order valence-corrected chi connectivity index (χ0v) is 16.4. The molecule has 26 heavy (non-hydrogen) atoms. The second-order valence-corrected chi connectivity index (χ2v) is 9.57. The predicted octanol–water partition coefficient (Wildman–Crippen LogP) is 4.25. The van der Waals surface area contributed by atoms with E-state index < -0.39 is 10.0 Å². The molecule has 0 radical (unpaired) electrons. The molecule has 1 aliphatic carbocycles. The number of hydrogen-bond donors (Lipinski definition) is 2. The van der Waals surface area contributed by atoms with E-state index in [4.69, 9.17) is 0 Å². The van der Waals surface area contributed by atoms with Crippen LogP contribution in [-0.4, -0.2) is 20.4 Å². The van der Waals surface area contributed by atoms with Gasteiger partial charge in [0.15, 0.2) is 0 Å². The van der Waals surface area contributed by atoms with Gasteiger partial charge in [0.05, 0.1) is 0 Å². The van der Waals surface area contributed by atoms with Gasteiger partial charge in [0.1, 0.15) is 4.21 Å². The Morgan fingerprint density at radius 2 is 1.92 bits per heavy atom. The molecule has 2 N–H and O–H groups in total. The van der Waals surface area contributed by atoms with Crippen LogP contribution in [0.3, 0.4) is 0 Å². The van der Waals surface area contributed by atoms with E-state index >= 15 is 0 Å². The number of sulfonamides is 1. The van der Waals surface area contributed by atoms with Crippen LogP contribution in [-0.2, 0) is 10.0 Å². The molecule has 1 heterocycles. The number of hydrogen-bond acceptors (Lipinski definition) is 4. The van der Waals surface area contributed by atoms with Crippen molar-refractivity contribution in [2.75, 3.05) is 4.72 Å². The highest BCUT2D eigenvalue weighted by molar-refractivity contribution is 7.94. The van der Waals surface area contributed by atoms with E-state index in [0.717, 1.165) is 42.9 Å². The Kier molecular flexibility index (Phi) is 5.98. The second-order valence-electron chi connectivity index (χ2n) is 6.72. The van der Waals surface area contributed by atoms with Crippen LogP contribution in [0.2, 0.25) is 0 Å². The summed E-state index contributed by atoms with van der Waals surface area (Å²) < 4.78 is 27.4. The van der Waals surface area contributed by atoms with Gasteiger partial charge in [-0.1, -0.05) is 25.5 Å². The monoisotopic (exact) mass is 392 g/mol. The van der Waals surface area contributed by atoms with Crippen LogP contribution in [0.4, 0.5) is 5.69 Å². The van der Waals surface area contributed by atoms with Crippen LogP contribution in [0, 0.1) is 5.92 Å². The van der Waals surface area contributed by atoms with E-state index in [9.17, 15) is 13.2 Å². The molecule has 1 fully saturated rings. The molecule has 1 aromatic carbocycles. The number of anilines is 1. The Hall–Kier alpha value is -1.86. The van der Waals surface area contributed by atoms with Gasteiger partial charge in [-0.25, -0.2) is 8.42 Å². The molecule has 1 aliphatic rings. The van der Waals surface area contributed by atoms with Gasteiger partial charge >= 0.3 is 0 Å². The summed E-state index contributed by atoms with van der Waals surface area (Å²) >= 11 is 1.16. The zero-order valence-electron chi connectivity index (χ0n) is 14.8. The molecule has 7 heteroatoms. The SMILES string of the molecule is CCC1CCC(NC(=O)c2cccc(NS(=O)(=O)c3cccs3)c2)CC1. The molecular formula is C19H24N2O3S2. The lowest BCUT2D eigenvalue weighted by molar-refractivity contribution is 0.0921. The maximum absolute atomic E-state index is 12.5. The minimum atomic E-state index is -3.61. The molecule has 3 rings (SSSR count).